The van der Waals surface area contributed by atoms with Gasteiger partial charge in [-0.15, -0.1) is 6.42 Å². The fourth-order valence-electron chi connectivity index (χ4n) is 2.28. The second-order valence-electron chi connectivity index (χ2n) is 4.84. The van der Waals surface area contributed by atoms with E-state index in [1.165, 1.54) is 0 Å². The summed E-state index contributed by atoms with van der Waals surface area (Å²) in [4.78, 5) is 25.0. The first-order valence-corrected chi connectivity index (χ1v) is 6.88. The third-order valence-corrected chi connectivity index (χ3v) is 3.32. The SMILES string of the molecule is C#CCOc1ccc(C(=O)N2CCOCC2CC(=O)O)cc1. The number of amides is 1. The average molecular weight is 303 g/mol. The molecule has 0 radical (unpaired) electrons. The number of nitrogens with zero attached hydrogens (tertiary/aromatic N) is 1. The van der Waals surface area contributed by atoms with E-state index >= 15 is 0 Å². The van der Waals surface area contributed by atoms with Crippen molar-refractivity contribution >= 4 is 11.9 Å². The minimum atomic E-state index is -0.952. The van der Waals surface area contributed by atoms with Gasteiger partial charge in [0.25, 0.3) is 5.91 Å². The Hall–Kier alpha value is -2.52. The van der Waals surface area contributed by atoms with Crippen LogP contribution in [0.2, 0.25) is 0 Å². The number of carbonyl (C=O) groups is 2. The Morgan fingerprint density at radius 3 is 2.77 bits per heavy atom. The molecule has 1 aliphatic rings. The van der Waals surface area contributed by atoms with Gasteiger partial charge in [-0.3, -0.25) is 9.59 Å². The van der Waals surface area contributed by atoms with E-state index in [2.05, 4.69) is 5.92 Å². The summed E-state index contributed by atoms with van der Waals surface area (Å²) in [6.07, 6.45) is 4.98. The molecule has 1 saturated heterocycles. The Labute approximate surface area is 128 Å². The Morgan fingerprint density at radius 2 is 2.14 bits per heavy atom. The van der Waals surface area contributed by atoms with E-state index < -0.39 is 12.0 Å². The molecule has 6 heteroatoms. The lowest BCUT2D eigenvalue weighted by Gasteiger charge is -2.34. The molecule has 0 bridgehead atoms. The minimum Gasteiger partial charge on any atom is -0.481 e. The molecule has 116 valence electrons. The predicted molar refractivity (Wildman–Crippen MR) is 78.7 cm³/mol. The van der Waals surface area contributed by atoms with E-state index in [1.54, 1.807) is 29.2 Å². The molecule has 6 nitrogen and oxygen atoms in total. The highest BCUT2D eigenvalue weighted by Gasteiger charge is 2.29. The van der Waals surface area contributed by atoms with Crippen molar-refractivity contribution in [2.75, 3.05) is 26.4 Å². The first-order chi connectivity index (χ1) is 10.6. The van der Waals surface area contributed by atoms with Crippen molar-refractivity contribution in [2.24, 2.45) is 0 Å². The van der Waals surface area contributed by atoms with Crippen LogP contribution in [-0.2, 0) is 9.53 Å². The summed E-state index contributed by atoms with van der Waals surface area (Å²) in [5.41, 5.74) is 0.477. The van der Waals surface area contributed by atoms with Gasteiger partial charge in [-0.2, -0.15) is 0 Å². The molecule has 0 aliphatic carbocycles. The first kappa shape index (κ1) is 15.9. The summed E-state index contributed by atoms with van der Waals surface area (Å²) in [5.74, 6) is 1.78. The number of carboxylic acid groups (broad SMARTS) is 1. The molecule has 1 unspecified atom stereocenters. The number of carboxylic acids is 1. The van der Waals surface area contributed by atoms with Crippen molar-refractivity contribution in [3.05, 3.63) is 29.8 Å². The zero-order valence-electron chi connectivity index (χ0n) is 12.0. The summed E-state index contributed by atoms with van der Waals surface area (Å²) < 4.78 is 10.5. The zero-order chi connectivity index (χ0) is 15.9. The van der Waals surface area contributed by atoms with Crippen LogP contribution in [0, 0.1) is 12.3 Å². The standard InChI is InChI=1S/C16H17NO5/c1-2-8-22-14-5-3-12(4-6-14)16(20)17-7-9-21-11-13(17)10-15(18)19/h1,3-6,13H,7-11H2,(H,18,19). The van der Waals surface area contributed by atoms with Crippen molar-refractivity contribution in [1.82, 2.24) is 4.90 Å². The smallest absolute Gasteiger partial charge is 0.305 e. The average Bonchev–Trinajstić information content (AvgIpc) is 2.53. The Balaban J connectivity index is 2.08. The van der Waals surface area contributed by atoms with Gasteiger partial charge in [0.15, 0.2) is 0 Å². The molecule has 1 aromatic rings. The fraction of sp³-hybridized carbons (Fsp3) is 0.375. The molecule has 1 N–H and O–H groups in total. The van der Waals surface area contributed by atoms with Crippen LogP contribution < -0.4 is 4.74 Å². The summed E-state index contributed by atoms with van der Waals surface area (Å²) >= 11 is 0. The lowest BCUT2D eigenvalue weighted by atomic mass is 10.1. The summed E-state index contributed by atoms with van der Waals surface area (Å²) in [6, 6.07) is 6.16. The van der Waals surface area contributed by atoms with Crippen LogP contribution in [0.5, 0.6) is 5.75 Å². The third-order valence-electron chi connectivity index (χ3n) is 3.32. The van der Waals surface area contributed by atoms with E-state index in [1.807, 2.05) is 0 Å². The van der Waals surface area contributed by atoms with Gasteiger partial charge in [-0.05, 0) is 24.3 Å². The normalized spacial score (nSPS) is 17.6. The molecule has 1 heterocycles. The second-order valence-corrected chi connectivity index (χ2v) is 4.84. The lowest BCUT2D eigenvalue weighted by Crippen LogP contribution is -2.49. The van der Waals surface area contributed by atoms with Gasteiger partial charge in [-0.1, -0.05) is 5.92 Å². The van der Waals surface area contributed by atoms with E-state index in [0.717, 1.165) is 0 Å². The zero-order valence-corrected chi connectivity index (χ0v) is 12.0. The maximum atomic E-state index is 12.5. The fourth-order valence-corrected chi connectivity index (χ4v) is 2.28. The number of ether oxygens (including phenoxy) is 2. The molecular formula is C16H17NO5. The summed E-state index contributed by atoms with van der Waals surface area (Å²) in [7, 11) is 0. The molecule has 1 atom stereocenters. The monoisotopic (exact) mass is 303 g/mol. The number of aliphatic carboxylic acids is 1. The van der Waals surface area contributed by atoms with Gasteiger partial charge >= 0.3 is 5.97 Å². The Morgan fingerprint density at radius 1 is 1.41 bits per heavy atom. The molecule has 1 fully saturated rings. The van der Waals surface area contributed by atoms with Gasteiger partial charge in [-0.25, -0.2) is 0 Å². The number of hydrogen-bond donors (Lipinski definition) is 1. The van der Waals surface area contributed by atoms with Crippen LogP contribution in [-0.4, -0.2) is 54.3 Å². The Kier molecular flexibility index (Phi) is 5.39. The van der Waals surface area contributed by atoms with Crippen molar-refractivity contribution in [3.63, 3.8) is 0 Å². The molecule has 1 amide bonds. The molecule has 0 saturated carbocycles. The van der Waals surface area contributed by atoms with Gasteiger partial charge in [0.1, 0.15) is 12.4 Å². The first-order valence-electron chi connectivity index (χ1n) is 6.88. The molecular weight excluding hydrogens is 286 g/mol. The van der Waals surface area contributed by atoms with Gasteiger partial charge in [0.2, 0.25) is 0 Å². The maximum absolute atomic E-state index is 12.5. The Bertz CT molecular complexity index is 575. The molecule has 0 aromatic heterocycles. The maximum Gasteiger partial charge on any atom is 0.305 e. The third kappa shape index (κ3) is 3.99. The quantitative estimate of drug-likeness (QED) is 0.822. The molecule has 1 aliphatic heterocycles. The second kappa shape index (κ2) is 7.48. The highest BCUT2D eigenvalue weighted by molar-refractivity contribution is 5.94. The molecule has 1 aromatic carbocycles. The summed E-state index contributed by atoms with van der Waals surface area (Å²) in [6.45, 7) is 1.19. The van der Waals surface area contributed by atoms with Crippen LogP contribution in [0.3, 0.4) is 0 Å². The van der Waals surface area contributed by atoms with E-state index in [-0.39, 0.29) is 25.5 Å². The van der Waals surface area contributed by atoms with Crippen molar-refractivity contribution in [1.29, 1.82) is 0 Å². The number of rotatable bonds is 5. The van der Waals surface area contributed by atoms with Gasteiger partial charge < -0.3 is 19.5 Å². The van der Waals surface area contributed by atoms with E-state index in [9.17, 15) is 9.59 Å². The number of carbonyl (C=O) groups excluding carboxylic acids is 1. The van der Waals surface area contributed by atoms with Crippen molar-refractivity contribution in [2.45, 2.75) is 12.5 Å². The topological polar surface area (TPSA) is 76.1 Å². The summed E-state index contributed by atoms with van der Waals surface area (Å²) in [5, 5.41) is 8.93. The number of benzene rings is 1. The van der Waals surface area contributed by atoms with Crippen LogP contribution >= 0.6 is 0 Å². The predicted octanol–water partition coefficient (Wildman–Crippen LogP) is 1.01. The molecule has 22 heavy (non-hydrogen) atoms. The highest BCUT2D eigenvalue weighted by Crippen LogP contribution is 2.18. The number of terminal acetylenes is 1. The van der Waals surface area contributed by atoms with Crippen LogP contribution in [0.1, 0.15) is 16.8 Å². The minimum absolute atomic E-state index is 0.130. The number of hydrogen-bond acceptors (Lipinski definition) is 4. The van der Waals surface area contributed by atoms with Gasteiger partial charge in [0.05, 0.1) is 25.7 Å². The van der Waals surface area contributed by atoms with Crippen LogP contribution in [0.4, 0.5) is 0 Å². The lowest BCUT2D eigenvalue weighted by molar-refractivity contribution is -0.139. The van der Waals surface area contributed by atoms with Crippen LogP contribution in [0.15, 0.2) is 24.3 Å². The molecule has 2 rings (SSSR count). The van der Waals surface area contributed by atoms with Crippen LogP contribution in [0.25, 0.3) is 0 Å². The number of morpholine rings is 1. The largest absolute Gasteiger partial charge is 0.481 e. The van der Waals surface area contributed by atoms with Crippen molar-refractivity contribution in [3.8, 4) is 18.1 Å². The van der Waals surface area contributed by atoms with E-state index in [0.29, 0.717) is 24.5 Å². The van der Waals surface area contributed by atoms with Crippen molar-refractivity contribution < 1.29 is 24.2 Å². The molecule has 0 spiro atoms. The highest BCUT2D eigenvalue weighted by atomic mass is 16.5. The van der Waals surface area contributed by atoms with E-state index in [4.69, 9.17) is 21.0 Å². The van der Waals surface area contributed by atoms with Gasteiger partial charge in [0, 0.05) is 12.1 Å².